The quantitative estimate of drug-likeness (QED) is 0.165. The summed E-state index contributed by atoms with van der Waals surface area (Å²) in [6, 6.07) is 12.9. The van der Waals surface area contributed by atoms with Gasteiger partial charge in [-0.25, -0.2) is 14.2 Å². The van der Waals surface area contributed by atoms with Crippen molar-refractivity contribution in [3.8, 4) is 17.0 Å². The Morgan fingerprint density at radius 1 is 0.818 bits per heavy atom. The van der Waals surface area contributed by atoms with Crippen molar-refractivity contribution < 1.29 is 13.9 Å². The van der Waals surface area contributed by atoms with Crippen molar-refractivity contribution in [1.29, 1.82) is 0 Å². The van der Waals surface area contributed by atoms with E-state index in [9.17, 15) is 9.18 Å². The molecule has 0 spiro atoms. The highest BCUT2D eigenvalue weighted by Crippen LogP contribution is 2.22. The molecule has 3 aromatic rings. The lowest BCUT2D eigenvalue weighted by Crippen LogP contribution is -2.12. The van der Waals surface area contributed by atoms with Crippen molar-refractivity contribution in [2.24, 2.45) is 0 Å². The first-order valence-corrected chi connectivity index (χ1v) is 12.0. The molecule has 3 rings (SSSR count). The smallest absolute Gasteiger partial charge is 0.364 e. The summed E-state index contributed by atoms with van der Waals surface area (Å²) in [5.41, 5.74) is 3.82. The van der Waals surface area contributed by atoms with Gasteiger partial charge >= 0.3 is 5.97 Å². The fraction of sp³-hybridized carbons (Fsp3) is 0.393. The Kier molecular flexibility index (Phi) is 9.55. The Labute approximate surface area is 196 Å². The minimum atomic E-state index is -0.727. The fourth-order valence-electron chi connectivity index (χ4n) is 3.76. The van der Waals surface area contributed by atoms with Crippen LogP contribution in [0.4, 0.5) is 4.39 Å². The molecule has 174 valence electrons. The number of benzene rings is 2. The molecule has 0 bridgehead atoms. The van der Waals surface area contributed by atoms with Crippen molar-refractivity contribution in [2.75, 3.05) is 0 Å². The summed E-state index contributed by atoms with van der Waals surface area (Å²) in [4.78, 5) is 20.9. The van der Waals surface area contributed by atoms with E-state index in [1.54, 1.807) is 0 Å². The molecule has 0 fully saturated rings. The largest absolute Gasteiger partial charge is 0.419 e. The van der Waals surface area contributed by atoms with Crippen LogP contribution in [0.15, 0.2) is 54.9 Å². The van der Waals surface area contributed by atoms with E-state index in [2.05, 4.69) is 35.9 Å². The Balaban J connectivity index is 1.55. The number of carbonyl (C=O) groups is 1. The van der Waals surface area contributed by atoms with Crippen LogP contribution in [-0.4, -0.2) is 15.9 Å². The van der Waals surface area contributed by atoms with Gasteiger partial charge in [0.15, 0.2) is 17.3 Å². The van der Waals surface area contributed by atoms with Gasteiger partial charge in [-0.05, 0) is 42.5 Å². The van der Waals surface area contributed by atoms with E-state index in [1.165, 1.54) is 55.8 Å². The molecule has 0 radical (unpaired) electrons. The van der Waals surface area contributed by atoms with Gasteiger partial charge in [0.25, 0.3) is 0 Å². The molecule has 0 saturated heterocycles. The van der Waals surface area contributed by atoms with Crippen molar-refractivity contribution in [1.82, 2.24) is 9.97 Å². The van der Waals surface area contributed by atoms with Gasteiger partial charge in [-0.15, -0.1) is 0 Å². The Hall–Kier alpha value is -3.08. The van der Waals surface area contributed by atoms with E-state index in [4.69, 9.17) is 4.74 Å². The molecule has 1 heterocycles. The topological polar surface area (TPSA) is 52.1 Å². The molecule has 0 amide bonds. The molecule has 4 nitrogen and oxygen atoms in total. The Bertz CT molecular complexity index is 1020. The number of aromatic nitrogens is 2. The summed E-state index contributed by atoms with van der Waals surface area (Å²) in [5, 5.41) is 0. The van der Waals surface area contributed by atoms with Gasteiger partial charge < -0.3 is 4.74 Å². The zero-order chi connectivity index (χ0) is 23.5. The lowest BCUT2D eigenvalue weighted by atomic mass is 10.0. The van der Waals surface area contributed by atoms with Gasteiger partial charge in [0.1, 0.15) is 0 Å². The van der Waals surface area contributed by atoms with Gasteiger partial charge in [0.2, 0.25) is 0 Å². The number of hydrogen-bond acceptors (Lipinski definition) is 4. The second-order valence-corrected chi connectivity index (χ2v) is 8.41. The lowest BCUT2D eigenvalue weighted by molar-refractivity contribution is 0.0721. The summed E-state index contributed by atoms with van der Waals surface area (Å²) >= 11 is 0. The van der Waals surface area contributed by atoms with Gasteiger partial charge in [0.05, 0.1) is 18.1 Å². The van der Waals surface area contributed by atoms with E-state index in [-0.39, 0.29) is 11.4 Å². The highest BCUT2D eigenvalue weighted by molar-refractivity contribution is 5.88. The maximum Gasteiger partial charge on any atom is 0.364 e. The lowest BCUT2D eigenvalue weighted by Gasteiger charge is -2.08. The fourth-order valence-corrected chi connectivity index (χ4v) is 3.76. The standard InChI is InChI=1S/C28H33FN2O2/c1-3-5-6-7-8-9-11-22-14-17-27(24(29)18-22)33-28(32)26-20-30-25(19-31-26)23-15-12-21(10-4-2)13-16-23/h12-20H,3-11H2,1-2H3. The summed E-state index contributed by atoms with van der Waals surface area (Å²) in [7, 11) is 0. The number of nitrogens with zero attached hydrogens (tertiary/aromatic N) is 2. The van der Waals surface area contributed by atoms with E-state index in [0.717, 1.165) is 43.2 Å². The normalized spacial score (nSPS) is 10.9. The third-order valence-electron chi connectivity index (χ3n) is 5.67. The maximum absolute atomic E-state index is 14.5. The third-order valence-corrected chi connectivity index (χ3v) is 5.67. The molecule has 0 saturated carbocycles. The zero-order valence-corrected chi connectivity index (χ0v) is 19.6. The monoisotopic (exact) mass is 448 g/mol. The van der Waals surface area contributed by atoms with Crippen LogP contribution in [0.1, 0.15) is 80.4 Å². The summed E-state index contributed by atoms with van der Waals surface area (Å²) in [6.07, 6.45) is 13.0. The molecule has 0 unspecified atom stereocenters. The molecule has 0 aliphatic heterocycles. The minimum absolute atomic E-state index is 0.0388. The summed E-state index contributed by atoms with van der Waals surface area (Å²) in [5.74, 6) is -1.36. The van der Waals surface area contributed by atoms with Crippen LogP contribution < -0.4 is 4.74 Å². The van der Waals surface area contributed by atoms with Crippen LogP contribution in [0.2, 0.25) is 0 Å². The van der Waals surface area contributed by atoms with Crippen molar-refractivity contribution in [2.45, 2.75) is 71.6 Å². The number of carbonyl (C=O) groups excluding carboxylic acids is 1. The van der Waals surface area contributed by atoms with Crippen LogP contribution in [0.25, 0.3) is 11.3 Å². The molecule has 33 heavy (non-hydrogen) atoms. The number of esters is 1. The Morgan fingerprint density at radius 3 is 2.21 bits per heavy atom. The SMILES string of the molecule is CCCCCCCCc1ccc(OC(=O)c2cnc(-c3ccc(CCC)cc3)cn2)c(F)c1. The van der Waals surface area contributed by atoms with Gasteiger partial charge in [-0.3, -0.25) is 4.98 Å². The molecule has 0 atom stereocenters. The van der Waals surface area contributed by atoms with Gasteiger partial charge in [-0.2, -0.15) is 0 Å². The molecule has 5 heteroatoms. The van der Waals surface area contributed by atoms with E-state index < -0.39 is 11.8 Å². The highest BCUT2D eigenvalue weighted by atomic mass is 19.1. The third kappa shape index (κ3) is 7.48. The zero-order valence-electron chi connectivity index (χ0n) is 19.6. The molecular formula is C28H33FN2O2. The average Bonchev–Trinajstić information content (AvgIpc) is 2.84. The highest BCUT2D eigenvalue weighted by Gasteiger charge is 2.15. The van der Waals surface area contributed by atoms with E-state index in [1.807, 2.05) is 18.2 Å². The summed E-state index contributed by atoms with van der Waals surface area (Å²) in [6.45, 7) is 4.35. The number of ether oxygens (including phenoxy) is 1. The predicted octanol–water partition coefficient (Wildman–Crippen LogP) is 7.36. The average molecular weight is 449 g/mol. The second-order valence-electron chi connectivity index (χ2n) is 8.41. The molecule has 0 aliphatic carbocycles. The first-order valence-electron chi connectivity index (χ1n) is 12.0. The van der Waals surface area contributed by atoms with E-state index in [0.29, 0.717) is 5.69 Å². The molecular weight excluding hydrogens is 415 g/mol. The van der Waals surface area contributed by atoms with Crippen LogP contribution in [0, 0.1) is 5.82 Å². The first kappa shape index (κ1) is 24.6. The summed E-state index contributed by atoms with van der Waals surface area (Å²) < 4.78 is 19.7. The molecule has 0 aliphatic rings. The predicted molar refractivity (Wildman–Crippen MR) is 130 cm³/mol. The van der Waals surface area contributed by atoms with Crippen LogP contribution >= 0.6 is 0 Å². The maximum atomic E-state index is 14.5. The number of hydrogen-bond donors (Lipinski definition) is 0. The van der Waals surface area contributed by atoms with Crippen LogP contribution in [0.3, 0.4) is 0 Å². The molecule has 2 aromatic carbocycles. The van der Waals surface area contributed by atoms with Gasteiger partial charge in [-0.1, -0.05) is 82.7 Å². The Morgan fingerprint density at radius 2 is 1.55 bits per heavy atom. The van der Waals surface area contributed by atoms with Gasteiger partial charge in [0, 0.05) is 5.56 Å². The van der Waals surface area contributed by atoms with Crippen LogP contribution in [0.5, 0.6) is 5.75 Å². The van der Waals surface area contributed by atoms with Crippen molar-refractivity contribution in [3.05, 3.63) is 77.5 Å². The first-order chi connectivity index (χ1) is 16.1. The number of unbranched alkanes of at least 4 members (excludes halogenated alkanes) is 5. The second kappa shape index (κ2) is 12.8. The molecule has 1 aromatic heterocycles. The molecule has 0 N–H and O–H groups in total. The minimum Gasteiger partial charge on any atom is -0.419 e. The van der Waals surface area contributed by atoms with Crippen molar-refractivity contribution in [3.63, 3.8) is 0 Å². The number of rotatable bonds is 12. The number of aryl methyl sites for hydroxylation is 2. The number of halogens is 1. The van der Waals surface area contributed by atoms with Crippen molar-refractivity contribution >= 4 is 5.97 Å². The van der Waals surface area contributed by atoms with Crippen LogP contribution in [-0.2, 0) is 12.8 Å². The van der Waals surface area contributed by atoms with E-state index >= 15 is 0 Å².